The maximum Gasteiger partial charge on any atom is 0.308 e. The number of rotatable bonds is 5. The summed E-state index contributed by atoms with van der Waals surface area (Å²) in [6.45, 7) is 1.56. The van der Waals surface area contributed by atoms with Crippen LogP contribution in [0.5, 0.6) is 5.75 Å². The Bertz CT molecular complexity index is 507. The summed E-state index contributed by atoms with van der Waals surface area (Å²) in [7, 11) is 1.45. The Morgan fingerprint density at radius 2 is 2.16 bits per heavy atom. The van der Waals surface area contributed by atoms with Gasteiger partial charge in [0.05, 0.1) is 23.6 Å². The Morgan fingerprint density at radius 3 is 2.68 bits per heavy atom. The fourth-order valence-corrected chi connectivity index (χ4v) is 1.91. The van der Waals surface area contributed by atoms with Gasteiger partial charge >= 0.3 is 5.97 Å². The maximum absolute atomic E-state index is 12.0. The molecule has 5 nitrogen and oxygen atoms in total. The quantitative estimate of drug-likeness (QED) is 0.748. The second kappa shape index (κ2) is 6.95. The van der Waals surface area contributed by atoms with Gasteiger partial charge in [-0.05, 0) is 34.7 Å². The number of aliphatic carboxylic acids is 1. The third-order valence-corrected chi connectivity index (χ3v) is 4.00. The molecule has 1 aromatic carbocycles. The van der Waals surface area contributed by atoms with Gasteiger partial charge in [-0.3, -0.25) is 9.59 Å². The van der Waals surface area contributed by atoms with E-state index in [0.29, 0.717) is 10.8 Å². The first kappa shape index (κ1) is 16.0. The van der Waals surface area contributed by atoms with Crippen molar-refractivity contribution in [1.29, 1.82) is 0 Å². The van der Waals surface area contributed by atoms with Crippen molar-refractivity contribution in [2.24, 2.45) is 5.92 Å². The lowest BCUT2D eigenvalue weighted by molar-refractivity contribution is -0.140. The van der Waals surface area contributed by atoms with Gasteiger partial charge in [0, 0.05) is 10.1 Å². The van der Waals surface area contributed by atoms with Gasteiger partial charge in [-0.1, -0.05) is 18.5 Å². The molecule has 0 fully saturated rings. The molecule has 19 heavy (non-hydrogen) atoms. The fourth-order valence-electron chi connectivity index (χ4n) is 1.30. The topological polar surface area (TPSA) is 75.6 Å². The number of ether oxygens (including phenoxy) is 1. The Morgan fingerprint density at radius 1 is 1.53 bits per heavy atom. The number of hydrogen-bond donors (Lipinski definition) is 2. The van der Waals surface area contributed by atoms with Crippen molar-refractivity contribution in [2.45, 2.75) is 6.92 Å². The zero-order valence-corrected chi connectivity index (χ0v) is 13.3. The minimum absolute atomic E-state index is 0.0426. The Labute approximate surface area is 129 Å². The van der Waals surface area contributed by atoms with Crippen molar-refractivity contribution in [3.63, 3.8) is 0 Å². The molecule has 1 aromatic rings. The van der Waals surface area contributed by atoms with Crippen LogP contribution < -0.4 is 10.1 Å². The molecule has 1 rings (SSSR count). The van der Waals surface area contributed by atoms with Crippen molar-refractivity contribution in [3.05, 3.63) is 26.3 Å². The standard InChI is InChI=1S/C12H13ClINO4/c1-6(12(17)18)5-15-11(16)7-3-8(13)9(14)4-10(7)19-2/h3-4,6H,5H2,1-2H3,(H,15,16)(H,17,18). The van der Waals surface area contributed by atoms with E-state index < -0.39 is 17.8 Å². The van der Waals surface area contributed by atoms with Crippen molar-refractivity contribution in [2.75, 3.05) is 13.7 Å². The summed E-state index contributed by atoms with van der Waals surface area (Å²) in [4.78, 5) is 22.6. The van der Waals surface area contributed by atoms with Gasteiger partial charge in [0.25, 0.3) is 5.91 Å². The highest BCUT2D eigenvalue weighted by atomic mass is 127. The average Bonchev–Trinajstić information content (AvgIpc) is 2.37. The number of halogens is 2. The zero-order valence-electron chi connectivity index (χ0n) is 10.4. The summed E-state index contributed by atoms with van der Waals surface area (Å²) in [5.41, 5.74) is 0.283. The number of amides is 1. The van der Waals surface area contributed by atoms with Crippen LogP contribution in [0.2, 0.25) is 5.02 Å². The number of nitrogens with one attached hydrogen (secondary N) is 1. The predicted octanol–water partition coefficient (Wildman–Crippen LogP) is 2.40. The summed E-state index contributed by atoms with van der Waals surface area (Å²) in [5, 5.41) is 11.7. The van der Waals surface area contributed by atoms with Crippen molar-refractivity contribution < 1.29 is 19.4 Å². The van der Waals surface area contributed by atoms with Crippen LogP contribution in [0.4, 0.5) is 0 Å². The Hall–Kier alpha value is -1.02. The van der Waals surface area contributed by atoms with E-state index in [1.165, 1.54) is 20.1 Å². The highest BCUT2D eigenvalue weighted by Crippen LogP contribution is 2.28. The lowest BCUT2D eigenvalue weighted by atomic mass is 10.1. The molecule has 104 valence electrons. The number of methoxy groups -OCH3 is 1. The van der Waals surface area contributed by atoms with Crippen LogP contribution in [0.15, 0.2) is 12.1 Å². The minimum atomic E-state index is -0.965. The summed E-state index contributed by atoms with van der Waals surface area (Å²) < 4.78 is 5.89. The summed E-state index contributed by atoms with van der Waals surface area (Å²) in [5.74, 6) is -1.64. The van der Waals surface area contributed by atoms with E-state index in [9.17, 15) is 9.59 Å². The van der Waals surface area contributed by atoms with Crippen molar-refractivity contribution in [1.82, 2.24) is 5.32 Å². The van der Waals surface area contributed by atoms with Crippen LogP contribution >= 0.6 is 34.2 Å². The second-order valence-electron chi connectivity index (χ2n) is 3.92. The number of carbonyl (C=O) groups excluding carboxylic acids is 1. The van der Waals surface area contributed by atoms with Crippen LogP contribution in [0.3, 0.4) is 0 Å². The fraction of sp³-hybridized carbons (Fsp3) is 0.333. The SMILES string of the molecule is COc1cc(I)c(Cl)cc1C(=O)NCC(C)C(=O)O. The largest absolute Gasteiger partial charge is 0.496 e. The molecule has 0 heterocycles. The number of carboxylic acid groups (broad SMARTS) is 1. The van der Waals surface area contributed by atoms with Crippen LogP contribution in [0.1, 0.15) is 17.3 Å². The lowest BCUT2D eigenvalue weighted by Gasteiger charge is -2.12. The van der Waals surface area contributed by atoms with E-state index in [2.05, 4.69) is 5.32 Å². The van der Waals surface area contributed by atoms with Gasteiger partial charge in [0.2, 0.25) is 0 Å². The van der Waals surface area contributed by atoms with Gasteiger partial charge in [-0.25, -0.2) is 0 Å². The molecule has 0 aliphatic carbocycles. The first-order valence-corrected chi connectivity index (χ1v) is 6.86. The van der Waals surface area contributed by atoms with Gasteiger partial charge in [0.15, 0.2) is 0 Å². The first-order chi connectivity index (χ1) is 8.86. The molecule has 0 aliphatic rings. The number of carboxylic acids is 1. The zero-order chi connectivity index (χ0) is 14.6. The van der Waals surface area contributed by atoms with E-state index in [4.69, 9.17) is 21.4 Å². The molecule has 0 spiro atoms. The monoisotopic (exact) mass is 397 g/mol. The predicted molar refractivity (Wildman–Crippen MR) is 79.9 cm³/mol. The molecule has 0 saturated carbocycles. The Kier molecular flexibility index (Phi) is 5.86. The number of benzene rings is 1. The summed E-state index contributed by atoms with van der Waals surface area (Å²) >= 11 is 8.00. The maximum atomic E-state index is 12.0. The summed E-state index contributed by atoms with van der Waals surface area (Å²) in [6.07, 6.45) is 0. The minimum Gasteiger partial charge on any atom is -0.496 e. The lowest BCUT2D eigenvalue weighted by Crippen LogP contribution is -2.31. The molecular formula is C12H13ClINO4. The van der Waals surface area contributed by atoms with Gasteiger partial charge in [-0.15, -0.1) is 0 Å². The van der Waals surface area contributed by atoms with Crippen LogP contribution in [-0.2, 0) is 4.79 Å². The van der Waals surface area contributed by atoms with Crippen molar-refractivity contribution in [3.8, 4) is 5.75 Å². The third kappa shape index (κ3) is 4.24. The number of carbonyl (C=O) groups is 2. The second-order valence-corrected chi connectivity index (χ2v) is 5.49. The third-order valence-electron chi connectivity index (χ3n) is 2.48. The molecule has 0 saturated heterocycles. The van der Waals surface area contributed by atoms with Crippen LogP contribution in [-0.4, -0.2) is 30.6 Å². The average molecular weight is 398 g/mol. The molecule has 0 bridgehead atoms. The van der Waals surface area contributed by atoms with Crippen molar-refractivity contribution >= 4 is 46.1 Å². The smallest absolute Gasteiger partial charge is 0.308 e. The first-order valence-electron chi connectivity index (χ1n) is 5.40. The molecule has 1 unspecified atom stereocenters. The number of hydrogen-bond acceptors (Lipinski definition) is 3. The van der Waals surface area contributed by atoms with E-state index in [0.717, 1.165) is 3.57 Å². The van der Waals surface area contributed by atoms with Crippen LogP contribution in [0.25, 0.3) is 0 Å². The van der Waals surface area contributed by atoms with Gasteiger partial charge in [0.1, 0.15) is 5.75 Å². The Balaban J connectivity index is 2.87. The van der Waals surface area contributed by atoms with Gasteiger partial charge in [-0.2, -0.15) is 0 Å². The summed E-state index contributed by atoms with van der Waals surface area (Å²) in [6, 6.07) is 3.15. The molecule has 7 heteroatoms. The van der Waals surface area contributed by atoms with E-state index in [1.54, 1.807) is 6.07 Å². The van der Waals surface area contributed by atoms with Gasteiger partial charge < -0.3 is 15.2 Å². The molecule has 1 amide bonds. The van der Waals surface area contributed by atoms with E-state index >= 15 is 0 Å². The van der Waals surface area contributed by atoms with Crippen LogP contribution in [0, 0.1) is 9.49 Å². The molecule has 0 radical (unpaired) electrons. The molecule has 0 aliphatic heterocycles. The highest BCUT2D eigenvalue weighted by molar-refractivity contribution is 14.1. The molecule has 2 N–H and O–H groups in total. The molecular weight excluding hydrogens is 384 g/mol. The normalized spacial score (nSPS) is 11.8. The molecule has 0 aromatic heterocycles. The van der Waals surface area contributed by atoms with E-state index in [-0.39, 0.29) is 12.1 Å². The highest BCUT2D eigenvalue weighted by Gasteiger charge is 2.17. The molecule has 1 atom stereocenters. The van der Waals surface area contributed by atoms with E-state index in [1.807, 2.05) is 22.6 Å².